The van der Waals surface area contributed by atoms with E-state index in [0.717, 1.165) is 26.9 Å². The van der Waals surface area contributed by atoms with Gasteiger partial charge in [-0.05, 0) is 25.8 Å². The molecule has 0 saturated heterocycles. The van der Waals surface area contributed by atoms with Crippen molar-refractivity contribution in [1.29, 1.82) is 0 Å². The largest absolute Gasteiger partial charge is 0.508 e. The molecule has 1 aromatic carbocycles. The zero-order valence-corrected chi connectivity index (χ0v) is 11.2. The summed E-state index contributed by atoms with van der Waals surface area (Å²) in [6.45, 7) is 1.90. The Hall–Kier alpha value is -1.95. The molecule has 1 aliphatic rings. The van der Waals surface area contributed by atoms with Gasteiger partial charge in [0.25, 0.3) is 0 Å². The van der Waals surface area contributed by atoms with E-state index in [0.29, 0.717) is 11.7 Å². The van der Waals surface area contributed by atoms with E-state index in [2.05, 4.69) is 15.3 Å². The molecule has 96 valence electrons. The van der Waals surface area contributed by atoms with E-state index < -0.39 is 0 Å². The first-order valence-corrected chi connectivity index (χ1v) is 7.07. The second kappa shape index (κ2) is 3.77. The minimum Gasteiger partial charge on any atom is -0.508 e. The molecular formula is C13H12N4OS. The number of phenolic OH excluding ortho intramolecular Hbond substituents is 1. The number of hydrogen-bond donors (Lipinski definition) is 1. The zero-order valence-electron chi connectivity index (χ0n) is 10.4. The van der Waals surface area contributed by atoms with E-state index in [4.69, 9.17) is 0 Å². The third kappa shape index (κ3) is 1.63. The van der Waals surface area contributed by atoms with Crippen LogP contribution in [0.5, 0.6) is 5.75 Å². The average molecular weight is 272 g/mol. The summed E-state index contributed by atoms with van der Waals surface area (Å²) in [6.07, 6.45) is 2.36. The van der Waals surface area contributed by atoms with E-state index >= 15 is 0 Å². The van der Waals surface area contributed by atoms with E-state index in [1.807, 2.05) is 23.6 Å². The summed E-state index contributed by atoms with van der Waals surface area (Å²) in [5.41, 5.74) is 1.80. The molecule has 1 aliphatic carbocycles. The SMILES string of the molecule is Cc1c(O)cccc1-c1nn2c(C3CC3)nnc2s1. The Morgan fingerprint density at radius 2 is 2.16 bits per heavy atom. The first kappa shape index (κ1) is 10.9. The van der Waals surface area contributed by atoms with Gasteiger partial charge in [-0.2, -0.15) is 9.61 Å². The normalized spacial score (nSPS) is 15.2. The Morgan fingerprint density at radius 1 is 1.32 bits per heavy atom. The van der Waals surface area contributed by atoms with Crippen LogP contribution in [0.15, 0.2) is 18.2 Å². The van der Waals surface area contributed by atoms with Crippen LogP contribution >= 0.6 is 11.3 Å². The molecule has 0 unspecified atom stereocenters. The fourth-order valence-electron chi connectivity index (χ4n) is 2.19. The molecular weight excluding hydrogens is 260 g/mol. The Kier molecular flexibility index (Phi) is 2.17. The van der Waals surface area contributed by atoms with Crippen LogP contribution in [0.3, 0.4) is 0 Å². The van der Waals surface area contributed by atoms with Gasteiger partial charge in [0.1, 0.15) is 10.8 Å². The maximum Gasteiger partial charge on any atom is 0.234 e. The van der Waals surface area contributed by atoms with Crippen LogP contribution in [-0.4, -0.2) is 24.9 Å². The van der Waals surface area contributed by atoms with Crippen molar-refractivity contribution in [3.63, 3.8) is 0 Å². The average Bonchev–Trinajstić information content (AvgIpc) is 3.02. The van der Waals surface area contributed by atoms with Gasteiger partial charge in [-0.3, -0.25) is 0 Å². The predicted octanol–water partition coefficient (Wildman–Crippen LogP) is 2.74. The second-order valence-electron chi connectivity index (χ2n) is 4.88. The lowest BCUT2D eigenvalue weighted by Gasteiger charge is -2.03. The summed E-state index contributed by atoms with van der Waals surface area (Å²) in [5, 5.41) is 23.7. The molecule has 1 fully saturated rings. The van der Waals surface area contributed by atoms with Gasteiger partial charge in [-0.25, -0.2) is 0 Å². The molecule has 5 nitrogen and oxygen atoms in total. The minimum absolute atomic E-state index is 0.297. The predicted molar refractivity (Wildman–Crippen MR) is 72.5 cm³/mol. The number of nitrogens with zero attached hydrogens (tertiary/aromatic N) is 4. The van der Waals surface area contributed by atoms with E-state index in [1.54, 1.807) is 6.07 Å². The van der Waals surface area contributed by atoms with Crippen molar-refractivity contribution in [1.82, 2.24) is 19.8 Å². The number of benzene rings is 1. The summed E-state index contributed by atoms with van der Waals surface area (Å²) >= 11 is 1.51. The number of hydrogen-bond acceptors (Lipinski definition) is 5. The summed E-state index contributed by atoms with van der Waals surface area (Å²) < 4.78 is 1.85. The number of aromatic nitrogens is 4. The second-order valence-corrected chi connectivity index (χ2v) is 5.84. The van der Waals surface area contributed by atoms with E-state index in [9.17, 15) is 5.11 Å². The lowest BCUT2D eigenvalue weighted by Crippen LogP contribution is -1.93. The molecule has 2 heterocycles. The van der Waals surface area contributed by atoms with E-state index in [1.165, 1.54) is 24.2 Å². The lowest BCUT2D eigenvalue weighted by atomic mass is 10.1. The van der Waals surface area contributed by atoms with Crippen molar-refractivity contribution in [2.45, 2.75) is 25.7 Å². The molecule has 19 heavy (non-hydrogen) atoms. The van der Waals surface area contributed by atoms with Crippen LogP contribution < -0.4 is 0 Å². The van der Waals surface area contributed by atoms with Crippen molar-refractivity contribution >= 4 is 16.3 Å². The fraction of sp³-hybridized carbons (Fsp3) is 0.308. The molecule has 0 amide bonds. The third-order valence-electron chi connectivity index (χ3n) is 3.49. The number of aromatic hydroxyl groups is 1. The van der Waals surface area contributed by atoms with Crippen molar-refractivity contribution in [3.05, 3.63) is 29.6 Å². The van der Waals surface area contributed by atoms with Crippen LogP contribution in [0, 0.1) is 6.92 Å². The molecule has 3 aromatic rings. The molecule has 0 aliphatic heterocycles. The lowest BCUT2D eigenvalue weighted by molar-refractivity contribution is 0.471. The summed E-state index contributed by atoms with van der Waals surface area (Å²) in [4.78, 5) is 0.819. The summed E-state index contributed by atoms with van der Waals surface area (Å²) in [5.74, 6) is 1.79. The standard InChI is InChI=1S/C13H12N4OS/c1-7-9(3-2-4-10(7)18)12-16-17-11(8-5-6-8)14-15-13(17)19-12/h2-4,8,18H,5-6H2,1H3. The Bertz CT molecular complexity index is 772. The van der Waals surface area contributed by atoms with Gasteiger partial charge in [-0.1, -0.05) is 23.5 Å². The number of fused-ring (bicyclic) bond motifs is 1. The van der Waals surface area contributed by atoms with Gasteiger partial charge in [-0.15, -0.1) is 10.2 Å². The van der Waals surface area contributed by atoms with Crippen LogP contribution in [0.2, 0.25) is 0 Å². The first-order chi connectivity index (χ1) is 9.24. The molecule has 4 rings (SSSR count). The van der Waals surface area contributed by atoms with Crippen LogP contribution in [-0.2, 0) is 0 Å². The number of phenols is 1. The fourth-order valence-corrected chi connectivity index (χ4v) is 3.12. The molecule has 0 atom stereocenters. The molecule has 2 aromatic heterocycles. The Labute approximate surface area is 113 Å². The maximum absolute atomic E-state index is 9.78. The highest BCUT2D eigenvalue weighted by molar-refractivity contribution is 7.19. The molecule has 0 bridgehead atoms. The maximum atomic E-state index is 9.78. The third-order valence-corrected chi connectivity index (χ3v) is 4.43. The zero-order chi connectivity index (χ0) is 13.0. The van der Waals surface area contributed by atoms with Gasteiger partial charge in [0.15, 0.2) is 5.82 Å². The van der Waals surface area contributed by atoms with Gasteiger partial charge in [0, 0.05) is 17.0 Å². The first-order valence-electron chi connectivity index (χ1n) is 6.25. The Morgan fingerprint density at radius 3 is 2.95 bits per heavy atom. The van der Waals surface area contributed by atoms with E-state index in [-0.39, 0.29) is 0 Å². The Balaban J connectivity index is 1.89. The molecule has 6 heteroatoms. The molecule has 1 saturated carbocycles. The van der Waals surface area contributed by atoms with Crippen molar-refractivity contribution in [2.75, 3.05) is 0 Å². The van der Waals surface area contributed by atoms with Gasteiger partial charge < -0.3 is 5.11 Å². The topological polar surface area (TPSA) is 63.3 Å². The molecule has 1 N–H and O–H groups in total. The van der Waals surface area contributed by atoms with Crippen LogP contribution in [0.4, 0.5) is 0 Å². The summed E-state index contributed by atoms with van der Waals surface area (Å²) in [7, 11) is 0. The monoisotopic (exact) mass is 272 g/mol. The molecule has 0 radical (unpaired) electrons. The van der Waals surface area contributed by atoms with Gasteiger partial charge in [0.05, 0.1) is 0 Å². The minimum atomic E-state index is 0.297. The van der Waals surface area contributed by atoms with Crippen molar-refractivity contribution in [2.24, 2.45) is 0 Å². The summed E-state index contributed by atoms with van der Waals surface area (Å²) in [6, 6.07) is 5.49. The highest BCUT2D eigenvalue weighted by Gasteiger charge is 2.30. The van der Waals surface area contributed by atoms with Crippen LogP contribution in [0.1, 0.15) is 30.1 Å². The van der Waals surface area contributed by atoms with Crippen LogP contribution in [0.25, 0.3) is 15.5 Å². The quantitative estimate of drug-likeness (QED) is 0.779. The van der Waals surface area contributed by atoms with Gasteiger partial charge >= 0.3 is 0 Å². The smallest absolute Gasteiger partial charge is 0.234 e. The number of rotatable bonds is 2. The highest BCUT2D eigenvalue weighted by atomic mass is 32.1. The van der Waals surface area contributed by atoms with Crippen molar-refractivity contribution < 1.29 is 5.11 Å². The molecule has 0 spiro atoms. The van der Waals surface area contributed by atoms with Crippen molar-refractivity contribution in [3.8, 4) is 16.3 Å². The highest BCUT2D eigenvalue weighted by Crippen LogP contribution is 2.40. The van der Waals surface area contributed by atoms with Gasteiger partial charge in [0.2, 0.25) is 4.96 Å².